The van der Waals surface area contributed by atoms with Crippen molar-refractivity contribution in [2.75, 3.05) is 6.61 Å². The van der Waals surface area contributed by atoms with Gasteiger partial charge >= 0.3 is 0 Å². The van der Waals surface area contributed by atoms with Crippen molar-refractivity contribution in [3.8, 4) is 0 Å². The van der Waals surface area contributed by atoms with Crippen molar-refractivity contribution >= 4 is 0 Å². The van der Waals surface area contributed by atoms with Gasteiger partial charge in [0.15, 0.2) is 6.29 Å². The molecule has 0 aromatic rings. The molecule has 1 aliphatic heterocycles. The van der Waals surface area contributed by atoms with Gasteiger partial charge in [0.05, 0.1) is 6.61 Å². The molecular weight excluding hydrogens is 168 g/mol. The molecule has 0 bridgehead atoms. The van der Waals surface area contributed by atoms with E-state index in [0.717, 1.165) is 0 Å². The van der Waals surface area contributed by atoms with E-state index >= 15 is 0 Å². The van der Waals surface area contributed by atoms with Crippen LogP contribution in [0, 0.1) is 0 Å². The first-order valence-electron chi connectivity index (χ1n) is 3.56. The molecule has 1 rings (SSSR count). The summed E-state index contributed by atoms with van der Waals surface area (Å²) in [7, 11) is 0. The van der Waals surface area contributed by atoms with Crippen LogP contribution in [-0.2, 0) is 4.74 Å². The summed E-state index contributed by atoms with van der Waals surface area (Å²) in [5.74, 6) is 0. The molecule has 0 saturated carbocycles. The maximum atomic E-state index is 9.12. The van der Waals surface area contributed by atoms with Gasteiger partial charge in [0.1, 0.15) is 24.4 Å². The van der Waals surface area contributed by atoms with E-state index in [0.29, 0.717) is 0 Å². The summed E-state index contributed by atoms with van der Waals surface area (Å²) in [6.07, 6.45) is -6.75. The van der Waals surface area contributed by atoms with Gasteiger partial charge in [-0.25, -0.2) is 0 Å². The van der Waals surface area contributed by atoms with Gasteiger partial charge < -0.3 is 30.3 Å². The van der Waals surface area contributed by atoms with Crippen molar-refractivity contribution < 1.29 is 30.3 Å². The number of hydrogen-bond acceptors (Lipinski definition) is 6. The Bertz CT molecular complexity index is 151. The Hall–Kier alpha value is -0.240. The highest BCUT2D eigenvalue weighted by Crippen LogP contribution is 2.21. The fourth-order valence-electron chi connectivity index (χ4n) is 1.11. The second kappa shape index (κ2) is 3.65. The van der Waals surface area contributed by atoms with Gasteiger partial charge in [-0.3, -0.25) is 0 Å². The van der Waals surface area contributed by atoms with E-state index < -0.39 is 37.3 Å². The Morgan fingerprint density at radius 1 is 1.17 bits per heavy atom. The first-order valence-corrected chi connectivity index (χ1v) is 3.56. The summed E-state index contributed by atoms with van der Waals surface area (Å²) in [5.41, 5.74) is 0. The highest BCUT2D eigenvalue weighted by Gasteiger charge is 2.44. The summed E-state index contributed by atoms with van der Waals surface area (Å²) in [4.78, 5) is 0. The SMILES string of the molecule is OC[C@H](O)[C@H]1O[C@H](O)[C@H](O)[C@H]1O. The fraction of sp³-hybridized carbons (Fsp3) is 1.00. The van der Waals surface area contributed by atoms with Crippen LogP contribution < -0.4 is 0 Å². The lowest BCUT2D eigenvalue weighted by Crippen LogP contribution is -2.40. The van der Waals surface area contributed by atoms with Crippen molar-refractivity contribution in [2.24, 2.45) is 0 Å². The van der Waals surface area contributed by atoms with E-state index in [4.69, 9.17) is 25.5 Å². The smallest absolute Gasteiger partial charge is 0.184 e. The van der Waals surface area contributed by atoms with E-state index in [1.54, 1.807) is 0 Å². The lowest BCUT2D eigenvalue weighted by molar-refractivity contribution is -0.150. The van der Waals surface area contributed by atoms with Gasteiger partial charge in [-0.2, -0.15) is 0 Å². The van der Waals surface area contributed by atoms with E-state index in [1.807, 2.05) is 0 Å². The minimum absolute atomic E-state index is 0.596. The summed E-state index contributed by atoms with van der Waals surface area (Å²) in [6.45, 7) is -0.596. The molecule has 0 spiro atoms. The van der Waals surface area contributed by atoms with E-state index in [2.05, 4.69) is 4.74 Å². The highest BCUT2D eigenvalue weighted by molar-refractivity contribution is 4.89. The molecule has 1 aliphatic rings. The molecule has 1 fully saturated rings. The molecular formula is C6H12O6. The van der Waals surface area contributed by atoms with E-state index in [1.165, 1.54) is 0 Å². The molecule has 1 heterocycles. The Kier molecular flexibility index (Phi) is 2.99. The van der Waals surface area contributed by atoms with Crippen molar-refractivity contribution in [2.45, 2.75) is 30.7 Å². The van der Waals surface area contributed by atoms with Gasteiger partial charge in [-0.05, 0) is 0 Å². The monoisotopic (exact) mass is 180 g/mol. The van der Waals surface area contributed by atoms with Gasteiger partial charge in [0.2, 0.25) is 0 Å². The molecule has 0 aromatic carbocycles. The third-order valence-electron chi connectivity index (χ3n) is 1.84. The van der Waals surface area contributed by atoms with Gasteiger partial charge in [-0.1, -0.05) is 0 Å². The molecule has 6 heteroatoms. The average molecular weight is 180 g/mol. The van der Waals surface area contributed by atoms with Crippen LogP contribution >= 0.6 is 0 Å². The molecule has 0 aliphatic carbocycles. The highest BCUT2D eigenvalue weighted by atomic mass is 16.6. The molecule has 0 radical (unpaired) electrons. The van der Waals surface area contributed by atoms with E-state index in [9.17, 15) is 0 Å². The van der Waals surface area contributed by atoms with Gasteiger partial charge in [0.25, 0.3) is 0 Å². The van der Waals surface area contributed by atoms with Crippen molar-refractivity contribution in [1.82, 2.24) is 0 Å². The molecule has 12 heavy (non-hydrogen) atoms. The first-order chi connectivity index (χ1) is 5.57. The molecule has 0 aromatic heterocycles. The van der Waals surface area contributed by atoms with E-state index in [-0.39, 0.29) is 0 Å². The number of aliphatic hydroxyl groups is 5. The van der Waals surface area contributed by atoms with Crippen LogP contribution in [0.2, 0.25) is 0 Å². The Morgan fingerprint density at radius 3 is 2.08 bits per heavy atom. The number of rotatable bonds is 2. The Balaban J connectivity index is 2.58. The third-order valence-corrected chi connectivity index (χ3v) is 1.84. The normalized spacial score (nSPS) is 44.8. The van der Waals surface area contributed by atoms with Crippen LogP contribution in [0.1, 0.15) is 0 Å². The van der Waals surface area contributed by atoms with Crippen LogP contribution in [0.3, 0.4) is 0 Å². The quantitative estimate of drug-likeness (QED) is 0.306. The van der Waals surface area contributed by atoms with Crippen LogP contribution in [0.4, 0.5) is 0 Å². The fourth-order valence-corrected chi connectivity index (χ4v) is 1.11. The minimum Gasteiger partial charge on any atom is -0.394 e. The Morgan fingerprint density at radius 2 is 1.75 bits per heavy atom. The maximum Gasteiger partial charge on any atom is 0.184 e. The minimum atomic E-state index is -1.51. The number of aliphatic hydroxyl groups excluding tert-OH is 5. The zero-order valence-corrected chi connectivity index (χ0v) is 6.24. The molecule has 6 nitrogen and oxygen atoms in total. The average Bonchev–Trinajstić information content (AvgIpc) is 2.32. The molecule has 72 valence electrons. The lowest BCUT2D eigenvalue weighted by atomic mass is 10.1. The number of ether oxygens (including phenoxy) is 1. The van der Waals surface area contributed by atoms with Gasteiger partial charge in [0, 0.05) is 0 Å². The summed E-state index contributed by atoms with van der Waals surface area (Å²) < 4.78 is 4.58. The van der Waals surface area contributed by atoms with Gasteiger partial charge in [-0.15, -0.1) is 0 Å². The zero-order chi connectivity index (χ0) is 9.30. The molecule has 1 saturated heterocycles. The second-order valence-electron chi connectivity index (χ2n) is 2.72. The van der Waals surface area contributed by atoms with Crippen molar-refractivity contribution in [3.63, 3.8) is 0 Å². The molecule has 0 amide bonds. The largest absolute Gasteiger partial charge is 0.394 e. The summed E-state index contributed by atoms with van der Waals surface area (Å²) in [5, 5.41) is 44.4. The standard InChI is InChI=1S/C6H12O6/c7-1-2(8)5-3(9)4(10)6(11)12-5/h2-11H,1H2/t2-,3+,4+,5+,6-/m0/s1. The van der Waals surface area contributed by atoms with Crippen molar-refractivity contribution in [3.05, 3.63) is 0 Å². The van der Waals surface area contributed by atoms with Crippen LogP contribution in [-0.4, -0.2) is 62.8 Å². The van der Waals surface area contributed by atoms with Crippen LogP contribution in [0.25, 0.3) is 0 Å². The van der Waals surface area contributed by atoms with Crippen molar-refractivity contribution in [1.29, 1.82) is 0 Å². The van der Waals surface area contributed by atoms with Crippen LogP contribution in [0.15, 0.2) is 0 Å². The predicted molar refractivity (Wildman–Crippen MR) is 36.0 cm³/mol. The first kappa shape index (κ1) is 9.85. The summed E-state index contributed by atoms with van der Waals surface area (Å²) in [6, 6.07) is 0. The Labute approximate surface area is 68.6 Å². The third kappa shape index (κ3) is 1.58. The zero-order valence-electron chi connectivity index (χ0n) is 6.24. The lowest BCUT2D eigenvalue weighted by Gasteiger charge is -2.18. The molecule has 5 atom stereocenters. The number of hydrogen-bond donors (Lipinski definition) is 5. The molecule has 0 unspecified atom stereocenters. The molecule has 5 N–H and O–H groups in total. The topological polar surface area (TPSA) is 110 Å². The maximum absolute atomic E-state index is 9.12. The van der Waals surface area contributed by atoms with Crippen LogP contribution in [0.5, 0.6) is 0 Å². The summed E-state index contributed by atoms with van der Waals surface area (Å²) >= 11 is 0. The second-order valence-corrected chi connectivity index (χ2v) is 2.72. The predicted octanol–water partition coefficient (Wildman–Crippen LogP) is -3.22.